The zero-order valence-corrected chi connectivity index (χ0v) is 13.8. The summed E-state index contributed by atoms with van der Waals surface area (Å²) in [5.41, 5.74) is 0.509. The van der Waals surface area contributed by atoms with Gasteiger partial charge in [0.2, 0.25) is 5.88 Å². The van der Waals surface area contributed by atoms with Crippen LogP contribution in [0.2, 0.25) is 0 Å². The van der Waals surface area contributed by atoms with Crippen LogP contribution in [0, 0.1) is 5.92 Å². The Morgan fingerprint density at radius 2 is 2.18 bits per heavy atom. The van der Waals surface area contributed by atoms with Crippen LogP contribution in [0.5, 0.6) is 5.88 Å². The molecule has 1 aliphatic rings. The summed E-state index contributed by atoms with van der Waals surface area (Å²) in [6.45, 7) is 9.61. The largest absolute Gasteiger partial charge is 0.477 e. The lowest BCUT2D eigenvalue weighted by Gasteiger charge is -2.24. The molecule has 0 bridgehead atoms. The SMILES string of the molecule is CCc1cc(OC[C@@H]2CCN(C(=O)OC(C)(C)C)C2)ncn1. The highest BCUT2D eigenvalue weighted by molar-refractivity contribution is 5.68. The number of carbonyl (C=O) groups is 1. The van der Waals surface area contributed by atoms with Gasteiger partial charge in [0, 0.05) is 30.8 Å². The van der Waals surface area contributed by atoms with Gasteiger partial charge in [-0.15, -0.1) is 0 Å². The first kappa shape index (κ1) is 16.5. The lowest BCUT2D eigenvalue weighted by atomic mass is 10.1. The third kappa shape index (κ3) is 4.86. The zero-order valence-electron chi connectivity index (χ0n) is 13.8. The molecule has 0 saturated carbocycles. The zero-order chi connectivity index (χ0) is 16.2. The maximum atomic E-state index is 12.0. The van der Waals surface area contributed by atoms with Gasteiger partial charge < -0.3 is 14.4 Å². The van der Waals surface area contributed by atoms with Crippen molar-refractivity contribution in [2.75, 3.05) is 19.7 Å². The van der Waals surface area contributed by atoms with Crippen molar-refractivity contribution in [3.8, 4) is 5.88 Å². The normalized spacial score (nSPS) is 18.4. The molecule has 0 unspecified atom stereocenters. The molecule has 1 aromatic rings. The highest BCUT2D eigenvalue weighted by Gasteiger charge is 2.30. The molecule has 2 rings (SSSR count). The number of rotatable bonds is 4. The Morgan fingerprint density at radius 3 is 2.86 bits per heavy atom. The molecule has 2 heterocycles. The summed E-state index contributed by atoms with van der Waals surface area (Å²) in [7, 11) is 0. The fraction of sp³-hybridized carbons (Fsp3) is 0.688. The minimum absolute atomic E-state index is 0.245. The molecule has 122 valence electrons. The second kappa shape index (κ2) is 6.94. The number of hydrogen-bond donors (Lipinski definition) is 0. The maximum absolute atomic E-state index is 12.0. The van der Waals surface area contributed by atoms with E-state index in [0.717, 1.165) is 18.5 Å². The molecule has 1 saturated heterocycles. The van der Waals surface area contributed by atoms with Gasteiger partial charge in [0.25, 0.3) is 0 Å². The number of ether oxygens (including phenoxy) is 2. The standard InChI is InChI=1S/C16H25N3O3/c1-5-13-8-14(18-11-17-13)21-10-12-6-7-19(9-12)15(20)22-16(2,3)4/h8,11-12H,5-7,9-10H2,1-4H3/t12-/m1/s1. The van der Waals surface area contributed by atoms with Gasteiger partial charge in [-0.2, -0.15) is 0 Å². The van der Waals surface area contributed by atoms with Gasteiger partial charge in [-0.05, 0) is 33.6 Å². The quantitative estimate of drug-likeness (QED) is 0.855. The van der Waals surface area contributed by atoms with Gasteiger partial charge in [-0.25, -0.2) is 14.8 Å². The Hall–Kier alpha value is -1.85. The average Bonchev–Trinajstić information content (AvgIpc) is 2.92. The van der Waals surface area contributed by atoms with Crippen LogP contribution in [0.4, 0.5) is 4.79 Å². The van der Waals surface area contributed by atoms with E-state index in [-0.39, 0.29) is 6.09 Å². The Balaban J connectivity index is 1.80. The van der Waals surface area contributed by atoms with E-state index in [0.29, 0.717) is 31.5 Å². The first-order chi connectivity index (χ1) is 10.4. The molecule has 1 fully saturated rings. The molecule has 0 spiro atoms. The fourth-order valence-corrected chi connectivity index (χ4v) is 2.31. The molecular weight excluding hydrogens is 282 g/mol. The Morgan fingerprint density at radius 1 is 1.41 bits per heavy atom. The van der Waals surface area contributed by atoms with Crippen LogP contribution in [0.25, 0.3) is 0 Å². The lowest BCUT2D eigenvalue weighted by Crippen LogP contribution is -2.35. The molecule has 0 N–H and O–H groups in total. The molecule has 6 heteroatoms. The summed E-state index contributed by atoms with van der Waals surface area (Å²) in [6, 6.07) is 1.86. The van der Waals surface area contributed by atoms with Gasteiger partial charge in [-0.3, -0.25) is 0 Å². The molecule has 1 aromatic heterocycles. The predicted molar refractivity (Wildman–Crippen MR) is 82.8 cm³/mol. The summed E-state index contributed by atoms with van der Waals surface area (Å²) in [4.78, 5) is 22.0. The lowest BCUT2D eigenvalue weighted by molar-refractivity contribution is 0.0284. The van der Waals surface area contributed by atoms with E-state index < -0.39 is 5.60 Å². The van der Waals surface area contributed by atoms with E-state index in [1.807, 2.05) is 33.8 Å². The minimum atomic E-state index is -0.455. The van der Waals surface area contributed by atoms with Crippen molar-refractivity contribution >= 4 is 6.09 Å². The Bertz CT molecular complexity index is 514. The highest BCUT2D eigenvalue weighted by Crippen LogP contribution is 2.20. The van der Waals surface area contributed by atoms with Gasteiger partial charge in [0.15, 0.2) is 0 Å². The molecule has 1 amide bonds. The molecule has 0 aromatic carbocycles. The molecule has 1 atom stereocenters. The number of carbonyl (C=O) groups excluding carboxylic acids is 1. The smallest absolute Gasteiger partial charge is 0.410 e. The van der Waals surface area contributed by atoms with Gasteiger partial charge in [-0.1, -0.05) is 6.92 Å². The van der Waals surface area contributed by atoms with Crippen molar-refractivity contribution in [1.29, 1.82) is 0 Å². The Kier molecular flexibility index (Phi) is 5.21. The average molecular weight is 307 g/mol. The summed E-state index contributed by atoms with van der Waals surface area (Å²) < 4.78 is 11.1. The monoisotopic (exact) mass is 307 g/mol. The van der Waals surface area contributed by atoms with Gasteiger partial charge >= 0.3 is 6.09 Å². The molecule has 0 radical (unpaired) electrons. The van der Waals surface area contributed by atoms with E-state index in [4.69, 9.17) is 9.47 Å². The van der Waals surface area contributed by atoms with Crippen LogP contribution in [0.15, 0.2) is 12.4 Å². The van der Waals surface area contributed by atoms with Gasteiger partial charge in [0.05, 0.1) is 6.61 Å². The summed E-state index contributed by atoms with van der Waals surface area (Å²) in [6.07, 6.45) is 3.06. The third-order valence-electron chi connectivity index (χ3n) is 3.47. The topological polar surface area (TPSA) is 64.5 Å². The molecular formula is C16H25N3O3. The van der Waals surface area contributed by atoms with Crippen LogP contribution >= 0.6 is 0 Å². The van der Waals surface area contributed by atoms with Crippen LogP contribution < -0.4 is 4.74 Å². The first-order valence-electron chi connectivity index (χ1n) is 7.79. The molecule has 0 aliphatic carbocycles. The summed E-state index contributed by atoms with van der Waals surface area (Å²) >= 11 is 0. The number of nitrogens with zero attached hydrogens (tertiary/aromatic N) is 3. The minimum Gasteiger partial charge on any atom is -0.477 e. The van der Waals surface area contributed by atoms with Crippen molar-refractivity contribution in [3.63, 3.8) is 0 Å². The van der Waals surface area contributed by atoms with E-state index in [9.17, 15) is 4.79 Å². The Labute approximate surface area is 131 Å². The number of aryl methyl sites for hydroxylation is 1. The molecule has 1 aliphatic heterocycles. The highest BCUT2D eigenvalue weighted by atomic mass is 16.6. The second-order valence-corrected chi connectivity index (χ2v) is 6.59. The van der Waals surface area contributed by atoms with E-state index in [1.54, 1.807) is 4.90 Å². The van der Waals surface area contributed by atoms with Crippen molar-refractivity contribution in [2.45, 2.75) is 46.1 Å². The van der Waals surface area contributed by atoms with Crippen molar-refractivity contribution < 1.29 is 14.3 Å². The third-order valence-corrected chi connectivity index (χ3v) is 3.47. The van der Waals surface area contributed by atoms with Crippen LogP contribution in [-0.4, -0.2) is 46.3 Å². The number of likely N-dealkylation sites (tertiary alicyclic amines) is 1. The number of aromatic nitrogens is 2. The van der Waals surface area contributed by atoms with Crippen LogP contribution in [0.1, 0.15) is 39.8 Å². The van der Waals surface area contributed by atoms with Gasteiger partial charge in [0.1, 0.15) is 11.9 Å². The first-order valence-corrected chi connectivity index (χ1v) is 7.79. The van der Waals surface area contributed by atoms with E-state index in [2.05, 4.69) is 9.97 Å². The summed E-state index contributed by atoms with van der Waals surface area (Å²) in [5, 5.41) is 0. The predicted octanol–water partition coefficient (Wildman–Crippen LogP) is 2.67. The number of amides is 1. The molecule has 22 heavy (non-hydrogen) atoms. The van der Waals surface area contributed by atoms with Crippen molar-refractivity contribution in [2.24, 2.45) is 5.92 Å². The molecule has 6 nitrogen and oxygen atoms in total. The number of hydrogen-bond acceptors (Lipinski definition) is 5. The van der Waals surface area contributed by atoms with Crippen molar-refractivity contribution in [3.05, 3.63) is 18.1 Å². The summed E-state index contributed by atoms with van der Waals surface area (Å²) in [5.74, 6) is 0.912. The second-order valence-electron chi connectivity index (χ2n) is 6.59. The van der Waals surface area contributed by atoms with Crippen molar-refractivity contribution in [1.82, 2.24) is 14.9 Å². The van der Waals surface area contributed by atoms with E-state index in [1.165, 1.54) is 6.33 Å². The van der Waals surface area contributed by atoms with Crippen LogP contribution in [-0.2, 0) is 11.2 Å². The maximum Gasteiger partial charge on any atom is 0.410 e. The van der Waals surface area contributed by atoms with Crippen LogP contribution in [0.3, 0.4) is 0 Å². The fourth-order valence-electron chi connectivity index (χ4n) is 2.31. The van der Waals surface area contributed by atoms with E-state index >= 15 is 0 Å².